The highest BCUT2D eigenvalue weighted by Gasteiger charge is 2.34. The largest absolute Gasteiger partial charge is 0.463 e. The molecule has 0 aliphatic heterocycles. The van der Waals surface area contributed by atoms with Crippen molar-refractivity contribution in [2.75, 3.05) is 7.11 Å². The molecule has 0 aromatic carbocycles. The van der Waals surface area contributed by atoms with Gasteiger partial charge in [-0.15, -0.1) is 0 Å². The normalized spacial score (nSPS) is 17.1. The lowest BCUT2D eigenvalue weighted by Gasteiger charge is -2.19. The molecule has 5 nitrogen and oxygen atoms in total. The van der Waals surface area contributed by atoms with E-state index in [0.29, 0.717) is 12.3 Å². The summed E-state index contributed by atoms with van der Waals surface area (Å²) in [6.07, 6.45) is 5.47. The number of rotatable bonds is 9. The first-order valence-corrected chi connectivity index (χ1v) is 7.42. The van der Waals surface area contributed by atoms with Gasteiger partial charge in [-0.3, -0.25) is 9.59 Å². The highest BCUT2D eigenvalue weighted by Crippen LogP contribution is 2.33. The van der Waals surface area contributed by atoms with Gasteiger partial charge in [-0.25, -0.2) is 4.79 Å². The molecule has 1 aliphatic rings. The Balaban J connectivity index is 2.56. The molecule has 1 N–H and O–H groups in total. The van der Waals surface area contributed by atoms with Crippen LogP contribution in [0.1, 0.15) is 52.4 Å². The van der Waals surface area contributed by atoms with E-state index in [4.69, 9.17) is 0 Å². The minimum absolute atomic E-state index is 0.137. The van der Waals surface area contributed by atoms with Gasteiger partial charge in [0, 0.05) is 5.92 Å². The zero-order valence-corrected chi connectivity index (χ0v) is 12.6. The molecule has 1 fully saturated rings. The minimum atomic E-state index is -0.878. The van der Waals surface area contributed by atoms with Crippen LogP contribution >= 0.6 is 0 Å². The van der Waals surface area contributed by atoms with E-state index in [1.54, 1.807) is 0 Å². The van der Waals surface area contributed by atoms with Gasteiger partial charge < -0.3 is 10.1 Å². The zero-order valence-electron chi connectivity index (χ0n) is 12.6. The van der Waals surface area contributed by atoms with Gasteiger partial charge >= 0.3 is 5.97 Å². The first-order valence-electron chi connectivity index (χ1n) is 7.42. The molecule has 20 heavy (non-hydrogen) atoms. The summed E-state index contributed by atoms with van der Waals surface area (Å²) in [5.41, 5.74) is 0. The first kappa shape index (κ1) is 16.7. The highest BCUT2D eigenvalue weighted by atomic mass is 16.5. The Morgan fingerprint density at radius 3 is 2.45 bits per heavy atom. The molecule has 0 bridgehead atoms. The summed E-state index contributed by atoms with van der Waals surface area (Å²) in [6, 6.07) is -0.730. The van der Waals surface area contributed by atoms with E-state index in [2.05, 4.69) is 17.0 Å². The second-order valence-electron chi connectivity index (χ2n) is 5.64. The van der Waals surface area contributed by atoms with Gasteiger partial charge in [0.05, 0.1) is 13.2 Å². The minimum Gasteiger partial charge on any atom is -0.463 e. The van der Waals surface area contributed by atoms with Crippen LogP contribution in [0.3, 0.4) is 0 Å². The van der Waals surface area contributed by atoms with Crippen LogP contribution in [0.15, 0.2) is 0 Å². The SMILES string of the molecule is CCCCC(C)C(=O)NC(CC1CC1)C(=O)C(=O)OC. The van der Waals surface area contributed by atoms with E-state index in [-0.39, 0.29) is 11.8 Å². The number of hydrogen-bond acceptors (Lipinski definition) is 4. The van der Waals surface area contributed by atoms with Crippen LogP contribution in [0.2, 0.25) is 0 Å². The third-order valence-electron chi connectivity index (χ3n) is 3.72. The van der Waals surface area contributed by atoms with Gasteiger partial charge in [0.15, 0.2) is 0 Å². The third kappa shape index (κ3) is 5.31. The van der Waals surface area contributed by atoms with E-state index in [9.17, 15) is 14.4 Å². The average Bonchev–Trinajstić information content (AvgIpc) is 3.25. The molecule has 0 aromatic rings. The monoisotopic (exact) mass is 283 g/mol. The van der Waals surface area contributed by atoms with Gasteiger partial charge in [-0.1, -0.05) is 39.5 Å². The summed E-state index contributed by atoms with van der Waals surface area (Å²) in [5.74, 6) is -1.36. The number of Topliss-reactive ketones (excluding diaryl/α,β-unsaturated/α-hetero) is 1. The van der Waals surface area contributed by atoms with Crippen LogP contribution < -0.4 is 5.32 Å². The zero-order chi connectivity index (χ0) is 15.1. The van der Waals surface area contributed by atoms with Gasteiger partial charge in [0.25, 0.3) is 5.78 Å². The molecule has 0 heterocycles. The van der Waals surface area contributed by atoms with E-state index >= 15 is 0 Å². The summed E-state index contributed by atoms with van der Waals surface area (Å²) in [7, 11) is 1.18. The van der Waals surface area contributed by atoms with Crippen LogP contribution in [0.25, 0.3) is 0 Å². The molecule has 0 spiro atoms. The number of methoxy groups -OCH3 is 1. The second-order valence-corrected chi connectivity index (χ2v) is 5.64. The maximum atomic E-state index is 12.1. The first-order chi connectivity index (χ1) is 9.49. The summed E-state index contributed by atoms with van der Waals surface area (Å²) in [4.78, 5) is 35.3. The molecule has 1 rings (SSSR count). The number of unbranched alkanes of at least 4 members (excludes halogenated alkanes) is 1. The number of nitrogens with one attached hydrogen (secondary N) is 1. The molecule has 2 atom stereocenters. The van der Waals surface area contributed by atoms with Gasteiger partial charge in [0.1, 0.15) is 0 Å². The fraction of sp³-hybridized carbons (Fsp3) is 0.800. The molecule has 0 radical (unpaired) electrons. The molecule has 114 valence electrons. The van der Waals surface area contributed by atoms with Crippen molar-refractivity contribution in [2.45, 2.75) is 58.4 Å². The van der Waals surface area contributed by atoms with Crippen molar-refractivity contribution in [3.8, 4) is 0 Å². The van der Waals surface area contributed by atoms with Crippen LogP contribution in [0.4, 0.5) is 0 Å². The lowest BCUT2D eigenvalue weighted by atomic mass is 10.0. The molecule has 0 aromatic heterocycles. The Morgan fingerprint density at radius 1 is 1.30 bits per heavy atom. The quantitative estimate of drug-likeness (QED) is 0.517. The van der Waals surface area contributed by atoms with Crippen molar-refractivity contribution in [2.24, 2.45) is 11.8 Å². The molecule has 1 saturated carbocycles. The Hall–Kier alpha value is -1.39. The summed E-state index contributed by atoms with van der Waals surface area (Å²) < 4.78 is 4.46. The Kier molecular flexibility index (Phi) is 6.68. The highest BCUT2D eigenvalue weighted by molar-refractivity contribution is 6.36. The van der Waals surface area contributed by atoms with Crippen molar-refractivity contribution >= 4 is 17.7 Å². The lowest BCUT2D eigenvalue weighted by molar-refractivity contribution is -0.153. The van der Waals surface area contributed by atoms with E-state index in [0.717, 1.165) is 32.1 Å². The van der Waals surface area contributed by atoms with Crippen LogP contribution in [0.5, 0.6) is 0 Å². The number of hydrogen-bond donors (Lipinski definition) is 1. The molecule has 5 heteroatoms. The topological polar surface area (TPSA) is 72.5 Å². The lowest BCUT2D eigenvalue weighted by Crippen LogP contribution is -2.46. The standard InChI is InChI=1S/C15H25NO4/c1-4-5-6-10(2)14(18)16-12(9-11-7-8-11)13(17)15(19)20-3/h10-12H,4-9H2,1-3H3,(H,16,18). The predicted molar refractivity (Wildman–Crippen MR) is 75.0 cm³/mol. The van der Waals surface area contributed by atoms with Gasteiger partial charge in [0.2, 0.25) is 5.91 Å². The molecular formula is C15H25NO4. The van der Waals surface area contributed by atoms with Crippen LogP contribution in [0, 0.1) is 11.8 Å². The molecule has 2 unspecified atom stereocenters. The van der Waals surface area contributed by atoms with Crippen molar-refractivity contribution in [3.63, 3.8) is 0 Å². The molecular weight excluding hydrogens is 258 g/mol. The van der Waals surface area contributed by atoms with E-state index in [1.807, 2.05) is 6.92 Å². The fourth-order valence-corrected chi connectivity index (χ4v) is 2.12. The predicted octanol–water partition coefficient (Wildman–Crippen LogP) is 1.84. The number of carbonyl (C=O) groups excluding carboxylic acids is 3. The van der Waals surface area contributed by atoms with Crippen molar-refractivity contribution in [1.29, 1.82) is 0 Å². The van der Waals surface area contributed by atoms with E-state index < -0.39 is 17.8 Å². The second kappa shape index (κ2) is 8.02. The average molecular weight is 283 g/mol. The summed E-state index contributed by atoms with van der Waals surface area (Å²) >= 11 is 0. The van der Waals surface area contributed by atoms with Gasteiger partial charge in [-0.2, -0.15) is 0 Å². The maximum absolute atomic E-state index is 12.1. The van der Waals surface area contributed by atoms with Crippen molar-refractivity contribution < 1.29 is 19.1 Å². The number of ketones is 1. The van der Waals surface area contributed by atoms with Gasteiger partial charge in [-0.05, 0) is 18.8 Å². The third-order valence-corrected chi connectivity index (χ3v) is 3.72. The fourth-order valence-electron chi connectivity index (χ4n) is 2.12. The smallest absolute Gasteiger partial charge is 0.376 e. The van der Waals surface area contributed by atoms with Crippen molar-refractivity contribution in [3.05, 3.63) is 0 Å². The number of esters is 1. The molecule has 0 saturated heterocycles. The van der Waals surface area contributed by atoms with E-state index in [1.165, 1.54) is 7.11 Å². The Bertz CT molecular complexity index is 363. The van der Waals surface area contributed by atoms with Crippen LogP contribution in [-0.2, 0) is 19.1 Å². The number of carbonyl (C=O) groups is 3. The summed E-state index contributed by atoms with van der Waals surface area (Å²) in [6.45, 7) is 3.92. The van der Waals surface area contributed by atoms with Crippen molar-refractivity contribution in [1.82, 2.24) is 5.32 Å². The number of ether oxygens (including phenoxy) is 1. The van der Waals surface area contributed by atoms with Crippen LogP contribution in [-0.4, -0.2) is 30.8 Å². The molecule has 1 amide bonds. The Labute approximate surface area is 120 Å². The number of amides is 1. The Morgan fingerprint density at radius 2 is 1.95 bits per heavy atom. The summed E-state index contributed by atoms with van der Waals surface area (Å²) in [5, 5.41) is 2.72. The molecule has 1 aliphatic carbocycles. The maximum Gasteiger partial charge on any atom is 0.376 e.